The van der Waals surface area contributed by atoms with Gasteiger partial charge in [0, 0.05) is 5.02 Å². The fourth-order valence-electron chi connectivity index (χ4n) is 5.24. The third-order valence-electron chi connectivity index (χ3n) is 6.63. The van der Waals surface area contributed by atoms with E-state index in [1.165, 1.54) is 16.2 Å². The molecule has 0 spiro atoms. The Morgan fingerprint density at radius 3 is 2.54 bits per heavy atom. The molecule has 1 aliphatic heterocycles. The van der Waals surface area contributed by atoms with Crippen LogP contribution >= 0.6 is 22.9 Å². The minimum absolute atomic E-state index is 0.170. The van der Waals surface area contributed by atoms with Gasteiger partial charge < -0.3 is 5.32 Å². The van der Waals surface area contributed by atoms with Crippen LogP contribution in [0.5, 0.6) is 0 Å². The largest absolute Gasteiger partial charge is 0.300 e. The van der Waals surface area contributed by atoms with Crippen molar-refractivity contribution in [1.29, 1.82) is 0 Å². The van der Waals surface area contributed by atoms with Crippen LogP contribution in [0, 0.1) is 30.6 Å². The molecule has 8 heteroatoms. The summed E-state index contributed by atoms with van der Waals surface area (Å²) < 4.78 is 0.921. The molecule has 5 atom stereocenters. The molecule has 146 valence electrons. The van der Waals surface area contributed by atoms with E-state index in [4.69, 9.17) is 11.6 Å². The number of benzene rings is 1. The highest BCUT2D eigenvalue weighted by Crippen LogP contribution is 2.56. The normalized spacial score (nSPS) is 29.6. The molecule has 2 saturated carbocycles. The molecular formula is C20H20ClN3O3S. The number of nitrogens with zero attached hydrogens (tertiary/aromatic N) is 2. The molecule has 1 N–H and O–H groups in total. The van der Waals surface area contributed by atoms with E-state index in [0.717, 1.165) is 29.5 Å². The maximum absolute atomic E-state index is 12.9. The first-order valence-corrected chi connectivity index (χ1v) is 10.8. The van der Waals surface area contributed by atoms with E-state index in [-0.39, 0.29) is 23.7 Å². The molecule has 1 aromatic heterocycles. The summed E-state index contributed by atoms with van der Waals surface area (Å²) in [5.41, 5.74) is 1.65. The molecule has 3 amide bonds. The minimum Gasteiger partial charge on any atom is -0.300 e. The molecule has 2 aliphatic carbocycles. The lowest BCUT2D eigenvalue weighted by atomic mass is 9.81. The quantitative estimate of drug-likeness (QED) is 0.773. The number of rotatable bonds is 3. The fraction of sp³-hybridized carbons (Fsp3) is 0.500. The number of aromatic nitrogens is 1. The summed E-state index contributed by atoms with van der Waals surface area (Å²) in [5, 5.41) is 3.83. The van der Waals surface area contributed by atoms with Crippen molar-refractivity contribution in [2.45, 2.75) is 39.2 Å². The van der Waals surface area contributed by atoms with Gasteiger partial charge in [-0.25, -0.2) is 4.98 Å². The fourth-order valence-corrected chi connectivity index (χ4v) is 6.35. The molecule has 2 heterocycles. The van der Waals surface area contributed by atoms with Gasteiger partial charge in [0.1, 0.15) is 6.04 Å². The van der Waals surface area contributed by atoms with Crippen LogP contribution in [0.4, 0.5) is 5.13 Å². The van der Waals surface area contributed by atoms with E-state index in [1.807, 2.05) is 13.0 Å². The number of likely N-dealkylation sites (tertiary alicyclic amines) is 1. The average Bonchev–Trinajstić information content (AvgIpc) is 3.39. The smallest absolute Gasteiger partial charge is 0.249 e. The third kappa shape index (κ3) is 2.52. The van der Waals surface area contributed by atoms with Gasteiger partial charge in [-0.15, -0.1) is 0 Å². The minimum atomic E-state index is -0.845. The van der Waals surface area contributed by atoms with Crippen LogP contribution in [-0.2, 0) is 14.4 Å². The summed E-state index contributed by atoms with van der Waals surface area (Å²) in [7, 11) is 0. The van der Waals surface area contributed by atoms with Gasteiger partial charge in [-0.05, 0) is 62.6 Å². The highest BCUT2D eigenvalue weighted by molar-refractivity contribution is 7.22. The van der Waals surface area contributed by atoms with Crippen molar-refractivity contribution in [2.24, 2.45) is 23.7 Å². The molecule has 0 unspecified atom stereocenters. The number of fused-ring (bicyclic) bond motifs is 6. The average molecular weight is 418 g/mol. The van der Waals surface area contributed by atoms with Crippen molar-refractivity contribution in [3.8, 4) is 0 Å². The van der Waals surface area contributed by atoms with Crippen LogP contribution in [0.2, 0.25) is 5.02 Å². The molecule has 6 nitrogen and oxygen atoms in total. The van der Waals surface area contributed by atoms with Gasteiger partial charge in [-0.2, -0.15) is 0 Å². The second-order valence-electron chi connectivity index (χ2n) is 8.18. The SMILES string of the molecule is Cc1cc2sc(NC(=O)[C@H](C)N3C(=O)[C@H]4[C@H]5CC[C@@H](C5)[C@@H]4C3=O)nc2cc1Cl. The topological polar surface area (TPSA) is 79.4 Å². The Kier molecular flexibility index (Phi) is 4.04. The molecule has 28 heavy (non-hydrogen) atoms. The predicted molar refractivity (Wildman–Crippen MR) is 107 cm³/mol. The molecule has 2 bridgehead atoms. The second-order valence-corrected chi connectivity index (χ2v) is 9.62. The molecular weight excluding hydrogens is 398 g/mol. The van der Waals surface area contributed by atoms with E-state index in [2.05, 4.69) is 10.3 Å². The molecule has 5 rings (SSSR count). The first kappa shape index (κ1) is 18.1. The van der Waals surface area contributed by atoms with Gasteiger partial charge in [0.05, 0.1) is 22.1 Å². The standard InChI is InChI=1S/C20H20ClN3O3S/c1-8-5-14-13(7-12(8)21)22-20(28-14)23-17(25)9(2)24-18(26)15-10-3-4-11(6-10)16(15)19(24)27/h5,7,9-11,15-16H,3-4,6H2,1-2H3,(H,22,23,25)/t9-,10-,11-,15-,16-/m0/s1. The number of imide groups is 1. The Hall–Kier alpha value is -1.99. The number of hydrogen-bond donors (Lipinski definition) is 1. The molecule has 1 saturated heterocycles. The van der Waals surface area contributed by atoms with Crippen molar-refractivity contribution >= 4 is 56.0 Å². The van der Waals surface area contributed by atoms with Gasteiger partial charge in [-0.3, -0.25) is 19.3 Å². The van der Waals surface area contributed by atoms with E-state index in [9.17, 15) is 14.4 Å². The summed E-state index contributed by atoms with van der Waals surface area (Å²) >= 11 is 7.49. The van der Waals surface area contributed by atoms with Gasteiger partial charge >= 0.3 is 0 Å². The number of thiazole rings is 1. The van der Waals surface area contributed by atoms with Gasteiger partial charge in [0.2, 0.25) is 17.7 Å². The van der Waals surface area contributed by atoms with Crippen LogP contribution in [0.25, 0.3) is 10.2 Å². The molecule has 1 aromatic carbocycles. The first-order chi connectivity index (χ1) is 13.3. The van der Waals surface area contributed by atoms with Crippen LogP contribution < -0.4 is 5.32 Å². The Labute approximate surface area is 171 Å². The summed E-state index contributed by atoms with van der Waals surface area (Å²) in [6.07, 6.45) is 3.02. The molecule has 2 aromatic rings. The zero-order chi connectivity index (χ0) is 19.7. The van der Waals surface area contributed by atoms with Gasteiger partial charge in [0.15, 0.2) is 5.13 Å². The maximum Gasteiger partial charge on any atom is 0.249 e. The lowest BCUT2D eigenvalue weighted by Gasteiger charge is -2.23. The van der Waals surface area contributed by atoms with Crippen LogP contribution in [-0.4, -0.2) is 33.6 Å². The summed E-state index contributed by atoms with van der Waals surface area (Å²) in [4.78, 5) is 44.2. The van der Waals surface area contributed by atoms with Gasteiger partial charge in [-0.1, -0.05) is 22.9 Å². The van der Waals surface area contributed by atoms with Gasteiger partial charge in [0.25, 0.3) is 0 Å². The number of amides is 3. The van der Waals surface area contributed by atoms with Crippen LogP contribution in [0.1, 0.15) is 31.7 Å². The van der Waals surface area contributed by atoms with E-state index >= 15 is 0 Å². The maximum atomic E-state index is 12.9. The highest BCUT2D eigenvalue weighted by Gasteiger charge is 2.62. The zero-order valence-corrected chi connectivity index (χ0v) is 17.1. The van der Waals surface area contributed by atoms with Crippen molar-refractivity contribution in [1.82, 2.24) is 9.88 Å². The number of anilines is 1. The van der Waals surface area contributed by atoms with Crippen LogP contribution in [0.15, 0.2) is 12.1 Å². The monoisotopic (exact) mass is 417 g/mol. The number of carbonyl (C=O) groups excluding carboxylic acids is 3. The van der Waals surface area contributed by atoms with Crippen molar-refractivity contribution in [2.75, 3.05) is 5.32 Å². The highest BCUT2D eigenvalue weighted by atomic mass is 35.5. The van der Waals surface area contributed by atoms with Crippen molar-refractivity contribution in [3.63, 3.8) is 0 Å². The third-order valence-corrected chi connectivity index (χ3v) is 7.97. The lowest BCUT2D eigenvalue weighted by molar-refractivity contribution is -0.146. The molecule has 3 fully saturated rings. The van der Waals surface area contributed by atoms with E-state index in [0.29, 0.717) is 27.5 Å². The summed E-state index contributed by atoms with van der Waals surface area (Å²) in [5.74, 6) is -0.542. The first-order valence-electron chi connectivity index (χ1n) is 9.59. The number of hydrogen-bond acceptors (Lipinski definition) is 5. The van der Waals surface area contributed by atoms with E-state index in [1.54, 1.807) is 13.0 Å². The van der Waals surface area contributed by atoms with Crippen LogP contribution in [0.3, 0.4) is 0 Å². The molecule has 3 aliphatic rings. The molecule has 0 radical (unpaired) electrons. The van der Waals surface area contributed by atoms with E-state index < -0.39 is 11.9 Å². The predicted octanol–water partition coefficient (Wildman–Crippen LogP) is 3.62. The summed E-state index contributed by atoms with van der Waals surface area (Å²) in [6, 6.07) is 2.85. The number of aryl methyl sites for hydroxylation is 1. The number of nitrogens with one attached hydrogen (secondary N) is 1. The lowest BCUT2D eigenvalue weighted by Crippen LogP contribution is -2.46. The Morgan fingerprint density at radius 2 is 1.89 bits per heavy atom. The Balaban J connectivity index is 1.36. The Morgan fingerprint density at radius 1 is 1.25 bits per heavy atom. The summed E-state index contributed by atoms with van der Waals surface area (Å²) in [6.45, 7) is 3.53. The van der Waals surface area contributed by atoms with Crippen molar-refractivity contribution < 1.29 is 14.4 Å². The van der Waals surface area contributed by atoms with Crippen molar-refractivity contribution in [3.05, 3.63) is 22.7 Å². The Bertz CT molecular complexity index is 968. The zero-order valence-electron chi connectivity index (χ0n) is 15.6. The number of carbonyl (C=O) groups is 3. The second kappa shape index (κ2) is 6.26. The number of halogens is 1.